The van der Waals surface area contributed by atoms with Crippen molar-refractivity contribution in [2.24, 2.45) is 0 Å². The summed E-state index contributed by atoms with van der Waals surface area (Å²) < 4.78 is 5.07. The Morgan fingerprint density at radius 3 is 2.53 bits per heavy atom. The van der Waals surface area contributed by atoms with Crippen LogP contribution in [0, 0.1) is 0 Å². The van der Waals surface area contributed by atoms with Gasteiger partial charge in [-0.15, -0.1) is 0 Å². The van der Waals surface area contributed by atoms with Crippen molar-refractivity contribution in [2.45, 2.75) is 19.8 Å². The first kappa shape index (κ1) is 11.4. The lowest BCUT2D eigenvalue weighted by molar-refractivity contribution is -0.136. The van der Waals surface area contributed by atoms with E-state index >= 15 is 0 Å². The smallest absolute Gasteiger partial charge is 0.307 e. The molecule has 0 amide bonds. The minimum Gasteiger partial charge on any atom is -0.508 e. The molecule has 0 atom stereocenters. The van der Waals surface area contributed by atoms with Crippen LogP contribution in [0.25, 0.3) is 0 Å². The average molecular weight is 210 g/mol. The SMILES string of the molecule is CCc1cc(CC(=O)O)c(O)cc1OC. The number of carboxylic acids is 1. The van der Waals surface area contributed by atoms with E-state index in [4.69, 9.17) is 9.84 Å². The van der Waals surface area contributed by atoms with Crippen LogP contribution in [-0.2, 0) is 17.6 Å². The highest BCUT2D eigenvalue weighted by Crippen LogP contribution is 2.28. The van der Waals surface area contributed by atoms with Crippen molar-refractivity contribution >= 4 is 5.97 Å². The molecule has 15 heavy (non-hydrogen) atoms. The highest BCUT2D eigenvalue weighted by Gasteiger charge is 2.11. The summed E-state index contributed by atoms with van der Waals surface area (Å²) in [7, 11) is 1.52. The van der Waals surface area contributed by atoms with Crippen LogP contribution in [-0.4, -0.2) is 23.3 Å². The topological polar surface area (TPSA) is 66.8 Å². The number of phenols is 1. The first-order valence-electron chi connectivity index (χ1n) is 4.69. The van der Waals surface area contributed by atoms with Gasteiger partial charge in [0, 0.05) is 11.6 Å². The number of aliphatic carboxylic acids is 1. The number of methoxy groups -OCH3 is 1. The summed E-state index contributed by atoms with van der Waals surface area (Å²) in [6.45, 7) is 1.94. The third-order valence-corrected chi connectivity index (χ3v) is 2.20. The molecule has 82 valence electrons. The molecule has 0 radical (unpaired) electrons. The van der Waals surface area contributed by atoms with Gasteiger partial charge in [0.25, 0.3) is 0 Å². The van der Waals surface area contributed by atoms with Gasteiger partial charge in [0.1, 0.15) is 11.5 Å². The van der Waals surface area contributed by atoms with Crippen LogP contribution in [0.3, 0.4) is 0 Å². The number of carboxylic acid groups (broad SMARTS) is 1. The normalized spacial score (nSPS) is 10.0. The number of hydrogen-bond donors (Lipinski definition) is 2. The summed E-state index contributed by atoms with van der Waals surface area (Å²) in [5, 5.41) is 18.2. The van der Waals surface area contributed by atoms with Crippen molar-refractivity contribution in [3.63, 3.8) is 0 Å². The molecule has 0 aliphatic carbocycles. The average Bonchev–Trinajstić information content (AvgIpc) is 2.19. The van der Waals surface area contributed by atoms with E-state index in [0.717, 1.165) is 12.0 Å². The van der Waals surface area contributed by atoms with Crippen LogP contribution in [0.4, 0.5) is 0 Å². The highest BCUT2D eigenvalue weighted by atomic mass is 16.5. The van der Waals surface area contributed by atoms with Gasteiger partial charge < -0.3 is 14.9 Å². The van der Waals surface area contributed by atoms with Gasteiger partial charge in [0.15, 0.2) is 0 Å². The van der Waals surface area contributed by atoms with Crippen molar-refractivity contribution < 1.29 is 19.7 Å². The number of hydrogen-bond acceptors (Lipinski definition) is 3. The Hall–Kier alpha value is -1.71. The van der Waals surface area contributed by atoms with Crippen molar-refractivity contribution in [3.8, 4) is 11.5 Å². The maximum atomic E-state index is 10.5. The van der Waals surface area contributed by atoms with E-state index < -0.39 is 5.97 Å². The Kier molecular flexibility index (Phi) is 3.55. The fourth-order valence-electron chi connectivity index (χ4n) is 1.44. The predicted octanol–water partition coefficient (Wildman–Crippen LogP) is 1.59. The number of aromatic hydroxyl groups is 1. The summed E-state index contributed by atoms with van der Waals surface area (Å²) in [5.74, 6) is -0.409. The van der Waals surface area contributed by atoms with Gasteiger partial charge in [0.05, 0.1) is 13.5 Å². The molecule has 0 fully saturated rings. The molecule has 0 aromatic heterocycles. The van der Waals surface area contributed by atoms with Crippen molar-refractivity contribution in [1.82, 2.24) is 0 Å². The molecule has 4 nitrogen and oxygen atoms in total. The van der Waals surface area contributed by atoms with Gasteiger partial charge in [0.2, 0.25) is 0 Å². The fraction of sp³-hybridized carbons (Fsp3) is 0.364. The third kappa shape index (κ3) is 2.62. The Balaban J connectivity index is 3.13. The predicted molar refractivity (Wildman–Crippen MR) is 55.4 cm³/mol. The molecule has 0 aliphatic heterocycles. The van der Waals surface area contributed by atoms with Gasteiger partial charge in [-0.05, 0) is 18.1 Å². The lowest BCUT2D eigenvalue weighted by Crippen LogP contribution is -2.02. The third-order valence-electron chi connectivity index (χ3n) is 2.20. The summed E-state index contributed by atoms with van der Waals surface area (Å²) >= 11 is 0. The first-order chi connectivity index (χ1) is 7.08. The Labute approximate surface area is 88.1 Å². The molecule has 0 heterocycles. The maximum absolute atomic E-state index is 10.5. The highest BCUT2D eigenvalue weighted by molar-refractivity contribution is 5.71. The van der Waals surface area contributed by atoms with E-state index in [0.29, 0.717) is 11.3 Å². The molecule has 4 heteroatoms. The number of carbonyl (C=O) groups is 1. The second kappa shape index (κ2) is 4.68. The molecule has 2 N–H and O–H groups in total. The molecule has 0 unspecified atom stereocenters. The Bertz CT molecular complexity index is 371. The molecule has 1 aromatic carbocycles. The van der Waals surface area contributed by atoms with E-state index in [9.17, 15) is 9.90 Å². The molecule has 0 saturated heterocycles. The molecular formula is C11H14O4. The van der Waals surface area contributed by atoms with Crippen LogP contribution in [0.15, 0.2) is 12.1 Å². The molecule has 0 spiro atoms. The van der Waals surface area contributed by atoms with E-state index in [-0.39, 0.29) is 12.2 Å². The number of aryl methyl sites for hydroxylation is 1. The summed E-state index contributed by atoms with van der Waals surface area (Å²) in [4.78, 5) is 10.5. The zero-order valence-electron chi connectivity index (χ0n) is 8.78. The van der Waals surface area contributed by atoms with Crippen LogP contribution in [0.5, 0.6) is 11.5 Å². The van der Waals surface area contributed by atoms with Crippen LogP contribution in [0.2, 0.25) is 0 Å². The largest absolute Gasteiger partial charge is 0.508 e. The number of ether oxygens (including phenoxy) is 1. The van der Waals surface area contributed by atoms with Gasteiger partial charge in [-0.2, -0.15) is 0 Å². The summed E-state index contributed by atoms with van der Waals surface area (Å²) in [5.41, 5.74) is 1.31. The monoisotopic (exact) mass is 210 g/mol. The lowest BCUT2D eigenvalue weighted by Gasteiger charge is -2.10. The minimum absolute atomic E-state index is 0.0357. The molecule has 1 aromatic rings. The second-order valence-corrected chi connectivity index (χ2v) is 3.22. The maximum Gasteiger partial charge on any atom is 0.307 e. The van der Waals surface area contributed by atoms with Crippen molar-refractivity contribution in [1.29, 1.82) is 0 Å². The van der Waals surface area contributed by atoms with E-state index in [1.165, 1.54) is 13.2 Å². The van der Waals surface area contributed by atoms with Crippen LogP contribution in [0.1, 0.15) is 18.1 Å². The Morgan fingerprint density at radius 2 is 2.07 bits per heavy atom. The van der Waals surface area contributed by atoms with Gasteiger partial charge >= 0.3 is 5.97 Å². The van der Waals surface area contributed by atoms with Gasteiger partial charge in [-0.3, -0.25) is 4.79 Å². The number of benzene rings is 1. The minimum atomic E-state index is -0.961. The van der Waals surface area contributed by atoms with E-state index in [2.05, 4.69) is 0 Å². The molecular weight excluding hydrogens is 196 g/mol. The summed E-state index contributed by atoms with van der Waals surface area (Å²) in [6.07, 6.45) is 0.554. The van der Waals surface area contributed by atoms with Gasteiger partial charge in [-0.1, -0.05) is 6.92 Å². The van der Waals surface area contributed by atoms with E-state index in [1.807, 2.05) is 6.92 Å². The van der Waals surface area contributed by atoms with Crippen molar-refractivity contribution in [2.75, 3.05) is 7.11 Å². The number of phenolic OH excluding ortho intramolecular Hbond substituents is 1. The van der Waals surface area contributed by atoms with Crippen molar-refractivity contribution in [3.05, 3.63) is 23.3 Å². The van der Waals surface area contributed by atoms with Crippen LogP contribution >= 0.6 is 0 Å². The molecule has 0 saturated carbocycles. The van der Waals surface area contributed by atoms with E-state index in [1.54, 1.807) is 6.07 Å². The second-order valence-electron chi connectivity index (χ2n) is 3.22. The van der Waals surface area contributed by atoms with Gasteiger partial charge in [-0.25, -0.2) is 0 Å². The Morgan fingerprint density at radius 1 is 1.40 bits per heavy atom. The lowest BCUT2D eigenvalue weighted by atomic mass is 10.0. The zero-order chi connectivity index (χ0) is 11.4. The first-order valence-corrected chi connectivity index (χ1v) is 4.69. The quantitative estimate of drug-likeness (QED) is 0.792. The van der Waals surface area contributed by atoms with Crippen LogP contribution < -0.4 is 4.74 Å². The molecule has 1 rings (SSSR count). The zero-order valence-corrected chi connectivity index (χ0v) is 8.78. The molecule has 0 bridgehead atoms. The molecule has 0 aliphatic rings. The number of rotatable bonds is 4. The standard InChI is InChI=1S/C11H14O4/c1-3-7-4-8(5-11(13)14)9(12)6-10(7)15-2/h4,6,12H,3,5H2,1-2H3,(H,13,14). The summed E-state index contributed by atoms with van der Waals surface area (Å²) in [6, 6.07) is 3.12. The fourth-order valence-corrected chi connectivity index (χ4v) is 1.44.